The van der Waals surface area contributed by atoms with Crippen molar-refractivity contribution in [1.29, 1.82) is 0 Å². The van der Waals surface area contributed by atoms with Crippen LogP contribution < -0.4 is 0 Å². The number of benzene rings is 1. The van der Waals surface area contributed by atoms with E-state index in [0.717, 1.165) is 31.5 Å². The third kappa shape index (κ3) is 4.73. The number of nitrogens with zero attached hydrogens (tertiary/aromatic N) is 3. The fraction of sp³-hybridized carbons (Fsp3) is 0.409. The maximum atomic E-state index is 13.1. The summed E-state index contributed by atoms with van der Waals surface area (Å²) in [5.41, 5.74) is 1.94. The monoisotopic (exact) mass is 365 g/mol. The molecule has 27 heavy (non-hydrogen) atoms. The molecule has 1 aromatic heterocycles. The van der Waals surface area contributed by atoms with Gasteiger partial charge in [-0.3, -0.25) is 14.6 Å². The highest BCUT2D eigenvalue weighted by molar-refractivity contribution is 5.98. The molecule has 0 unspecified atom stereocenters. The highest BCUT2D eigenvalue weighted by Gasteiger charge is 2.23. The molecule has 0 spiro atoms. The van der Waals surface area contributed by atoms with Gasteiger partial charge in [0.25, 0.3) is 11.8 Å². The predicted molar refractivity (Wildman–Crippen MR) is 105 cm³/mol. The van der Waals surface area contributed by atoms with Gasteiger partial charge in [-0.05, 0) is 50.8 Å². The molecule has 1 aromatic carbocycles. The molecule has 2 heterocycles. The molecule has 0 bridgehead atoms. The van der Waals surface area contributed by atoms with Crippen molar-refractivity contribution in [2.45, 2.75) is 45.7 Å². The molecule has 1 aliphatic heterocycles. The summed E-state index contributed by atoms with van der Waals surface area (Å²) >= 11 is 0. The van der Waals surface area contributed by atoms with Gasteiger partial charge < -0.3 is 9.80 Å². The first-order valence-electron chi connectivity index (χ1n) is 9.66. The molecule has 3 rings (SSSR count). The van der Waals surface area contributed by atoms with Crippen LogP contribution >= 0.6 is 0 Å². The van der Waals surface area contributed by atoms with E-state index in [9.17, 15) is 9.59 Å². The van der Waals surface area contributed by atoms with Gasteiger partial charge in [0, 0.05) is 37.4 Å². The Balaban J connectivity index is 1.79. The lowest BCUT2D eigenvalue weighted by Gasteiger charge is -2.28. The smallest absolute Gasteiger partial charge is 0.272 e. The van der Waals surface area contributed by atoms with E-state index >= 15 is 0 Å². The van der Waals surface area contributed by atoms with Crippen LogP contribution in [-0.4, -0.2) is 45.7 Å². The largest absolute Gasteiger partial charge is 0.337 e. The molecule has 0 atom stereocenters. The van der Waals surface area contributed by atoms with Crippen molar-refractivity contribution in [2.24, 2.45) is 0 Å². The molecule has 1 fully saturated rings. The fourth-order valence-electron chi connectivity index (χ4n) is 3.37. The number of hydrogen-bond donors (Lipinski definition) is 0. The summed E-state index contributed by atoms with van der Waals surface area (Å²) in [7, 11) is 0. The van der Waals surface area contributed by atoms with Gasteiger partial charge in [0.05, 0.1) is 0 Å². The Bertz CT molecular complexity index is 783. The molecule has 142 valence electrons. The molecule has 1 aliphatic rings. The molecule has 0 saturated carbocycles. The van der Waals surface area contributed by atoms with Crippen LogP contribution in [0.15, 0.2) is 48.7 Å². The number of carbonyl (C=O) groups is 2. The summed E-state index contributed by atoms with van der Waals surface area (Å²) in [6, 6.07) is 13.3. The summed E-state index contributed by atoms with van der Waals surface area (Å²) < 4.78 is 0. The van der Waals surface area contributed by atoms with Gasteiger partial charge >= 0.3 is 0 Å². The molecular weight excluding hydrogens is 338 g/mol. The van der Waals surface area contributed by atoms with Gasteiger partial charge in [-0.25, -0.2) is 0 Å². The third-order valence-electron chi connectivity index (χ3n) is 4.95. The average molecular weight is 365 g/mol. The number of carbonyl (C=O) groups excluding carboxylic acids is 2. The average Bonchev–Trinajstić information content (AvgIpc) is 2.72. The molecule has 0 N–H and O–H groups in total. The van der Waals surface area contributed by atoms with E-state index in [1.165, 1.54) is 6.42 Å². The Labute approximate surface area is 161 Å². The van der Waals surface area contributed by atoms with Gasteiger partial charge in [-0.1, -0.05) is 30.3 Å². The summed E-state index contributed by atoms with van der Waals surface area (Å²) in [6.07, 6.45) is 4.79. The molecule has 5 heteroatoms. The Kier molecular flexibility index (Phi) is 6.22. The lowest BCUT2D eigenvalue weighted by molar-refractivity contribution is 0.0690. The maximum Gasteiger partial charge on any atom is 0.272 e. The van der Waals surface area contributed by atoms with Crippen LogP contribution in [0.3, 0.4) is 0 Å². The van der Waals surface area contributed by atoms with Crippen LogP contribution in [0, 0.1) is 0 Å². The van der Waals surface area contributed by atoms with E-state index in [2.05, 4.69) is 4.98 Å². The zero-order chi connectivity index (χ0) is 19.2. The standard InChI is InChI=1S/C22H27N3O2/c1-17(2)25(16-18-9-5-3-6-10-18)21(26)19-11-12-23-20(15-19)22(27)24-13-7-4-8-14-24/h3,5-6,9-12,15,17H,4,7-8,13-14,16H2,1-2H3. The lowest BCUT2D eigenvalue weighted by Crippen LogP contribution is -2.37. The summed E-state index contributed by atoms with van der Waals surface area (Å²) in [5, 5.41) is 0. The predicted octanol–water partition coefficient (Wildman–Crippen LogP) is 3.76. The van der Waals surface area contributed by atoms with Crippen molar-refractivity contribution in [1.82, 2.24) is 14.8 Å². The second-order valence-corrected chi connectivity index (χ2v) is 7.30. The molecule has 2 amide bonds. The lowest BCUT2D eigenvalue weighted by atomic mass is 10.1. The number of likely N-dealkylation sites (tertiary alicyclic amines) is 1. The minimum atomic E-state index is -0.0801. The minimum absolute atomic E-state index is 0.0483. The van der Waals surface area contributed by atoms with E-state index in [0.29, 0.717) is 17.8 Å². The number of amides is 2. The Morgan fingerprint density at radius 1 is 1.07 bits per heavy atom. The number of pyridine rings is 1. The van der Waals surface area contributed by atoms with Crippen molar-refractivity contribution >= 4 is 11.8 Å². The summed E-state index contributed by atoms with van der Waals surface area (Å²) in [5.74, 6) is -0.160. The molecular formula is C22H27N3O2. The van der Waals surface area contributed by atoms with Crippen LogP contribution in [0.2, 0.25) is 0 Å². The van der Waals surface area contributed by atoms with E-state index < -0.39 is 0 Å². The Morgan fingerprint density at radius 2 is 1.78 bits per heavy atom. The second-order valence-electron chi connectivity index (χ2n) is 7.30. The molecule has 0 aliphatic carbocycles. The van der Waals surface area contributed by atoms with Crippen LogP contribution in [0.5, 0.6) is 0 Å². The van der Waals surface area contributed by atoms with Crippen LogP contribution in [-0.2, 0) is 6.54 Å². The molecule has 0 radical (unpaired) electrons. The topological polar surface area (TPSA) is 53.5 Å². The minimum Gasteiger partial charge on any atom is -0.337 e. The highest BCUT2D eigenvalue weighted by Crippen LogP contribution is 2.16. The first-order valence-corrected chi connectivity index (χ1v) is 9.66. The summed E-state index contributed by atoms with van der Waals surface area (Å²) in [6.45, 7) is 6.08. The van der Waals surface area contributed by atoms with Crippen molar-refractivity contribution < 1.29 is 9.59 Å². The number of hydrogen-bond acceptors (Lipinski definition) is 3. The SMILES string of the molecule is CC(C)N(Cc1ccccc1)C(=O)c1ccnc(C(=O)N2CCCCC2)c1. The van der Waals surface area contributed by atoms with E-state index in [4.69, 9.17) is 0 Å². The quantitative estimate of drug-likeness (QED) is 0.811. The molecule has 1 saturated heterocycles. The maximum absolute atomic E-state index is 13.1. The number of aromatic nitrogens is 1. The van der Waals surface area contributed by atoms with Crippen LogP contribution in [0.1, 0.15) is 59.5 Å². The van der Waals surface area contributed by atoms with Crippen molar-refractivity contribution in [3.05, 3.63) is 65.5 Å². The normalized spacial score (nSPS) is 14.3. The Morgan fingerprint density at radius 3 is 2.44 bits per heavy atom. The van der Waals surface area contributed by atoms with Gasteiger partial charge in [0.15, 0.2) is 0 Å². The zero-order valence-corrected chi connectivity index (χ0v) is 16.1. The zero-order valence-electron chi connectivity index (χ0n) is 16.1. The molecule has 2 aromatic rings. The van der Waals surface area contributed by atoms with E-state index in [1.807, 2.05) is 54.0 Å². The fourth-order valence-corrected chi connectivity index (χ4v) is 3.37. The first-order chi connectivity index (χ1) is 13.1. The van der Waals surface area contributed by atoms with E-state index in [1.54, 1.807) is 18.3 Å². The number of piperidine rings is 1. The summed E-state index contributed by atoms with van der Waals surface area (Å²) in [4.78, 5) is 33.7. The van der Waals surface area contributed by atoms with Crippen LogP contribution in [0.4, 0.5) is 0 Å². The second kappa shape index (κ2) is 8.80. The van der Waals surface area contributed by atoms with Gasteiger partial charge in [0.1, 0.15) is 5.69 Å². The van der Waals surface area contributed by atoms with Crippen molar-refractivity contribution in [3.8, 4) is 0 Å². The number of rotatable bonds is 5. The third-order valence-corrected chi connectivity index (χ3v) is 4.95. The van der Waals surface area contributed by atoms with Crippen molar-refractivity contribution in [3.63, 3.8) is 0 Å². The van der Waals surface area contributed by atoms with Crippen molar-refractivity contribution in [2.75, 3.05) is 13.1 Å². The Hall–Kier alpha value is -2.69. The molecule has 5 nitrogen and oxygen atoms in total. The van der Waals surface area contributed by atoms with E-state index in [-0.39, 0.29) is 17.9 Å². The van der Waals surface area contributed by atoms with Gasteiger partial charge in [0.2, 0.25) is 0 Å². The van der Waals surface area contributed by atoms with Gasteiger partial charge in [-0.2, -0.15) is 0 Å². The van der Waals surface area contributed by atoms with Gasteiger partial charge in [-0.15, -0.1) is 0 Å². The van der Waals surface area contributed by atoms with Crippen LogP contribution in [0.25, 0.3) is 0 Å². The highest BCUT2D eigenvalue weighted by atomic mass is 16.2. The first kappa shape index (κ1) is 19.1.